The van der Waals surface area contributed by atoms with Gasteiger partial charge in [0, 0.05) is 12.2 Å². The number of aryl methyl sites for hydroxylation is 2. The lowest BCUT2D eigenvalue weighted by molar-refractivity contribution is 0.102. The highest BCUT2D eigenvalue weighted by atomic mass is 19.1. The summed E-state index contributed by atoms with van der Waals surface area (Å²) in [5, 5.41) is 6.09. The predicted molar refractivity (Wildman–Crippen MR) is 102 cm³/mol. The third kappa shape index (κ3) is 4.45. The molecule has 1 heterocycles. The number of rotatable bonds is 5. The van der Waals surface area contributed by atoms with Gasteiger partial charge in [0.05, 0.1) is 11.9 Å². The normalized spacial score (nSPS) is 10.4. The quantitative estimate of drug-likeness (QED) is 0.702. The molecule has 1 aromatic heterocycles. The zero-order chi connectivity index (χ0) is 18.5. The lowest BCUT2D eigenvalue weighted by Gasteiger charge is -2.10. The number of hydrogen-bond donors (Lipinski definition) is 2. The molecule has 0 unspecified atom stereocenters. The van der Waals surface area contributed by atoms with Crippen molar-refractivity contribution in [3.63, 3.8) is 0 Å². The molecule has 3 rings (SSSR count). The number of benzene rings is 2. The van der Waals surface area contributed by atoms with E-state index >= 15 is 0 Å². The minimum Gasteiger partial charge on any atom is -0.380 e. The lowest BCUT2D eigenvalue weighted by atomic mass is 10.1. The molecule has 132 valence electrons. The Morgan fingerprint density at radius 2 is 1.81 bits per heavy atom. The van der Waals surface area contributed by atoms with Crippen LogP contribution in [0.4, 0.5) is 15.8 Å². The van der Waals surface area contributed by atoms with Gasteiger partial charge in [-0.15, -0.1) is 0 Å². The summed E-state index contributed by atoms with van der Waals surface area (Å²) in [5.41, 5.74) is 4.97. The largest absolute Gasteiger partial charge is 0.380 e. The molecule has 3 aromatic rings. The average Bonchev–Trinajstić information content (AvgIpc) is 2.64. The van der Waals surface area contributed by atoms with E-state index < -0.39 is 0 Å². The van der Waals surface area contributed by atoms with E-state index in [0.29, 0.717) is 12.2 Å². The van der Waals surface area contributed by atoms with Crippen LogP contribution in [0.5, 0.6) is 0 Å². The first-order valence-corrected chi connectivity index (χ1v) is 8.34. The first-order chi connectivity index (χ1) is 12.5. The van der Waals surface area contributed by atoms with Crippen molar-refractivity contribution in [2.45, 2.75) is 20.4 Å². The van der Waals surface area contributed by atoms with Gasteiger partial charge in [0.2, 0.25) is 0 Å². The van der Waals surface area contributed by atoms with Gasteiger partial charge in [0.1, 0.15) is 11.5 Å². The smallest absolute Gasteiger partial charge is 0.274 e. The molecule has 0 saturated heterocycles. The molecule has 0 radical (unpaired) electrons. The highest BCUT2D eigenvalue weighted by molar-refractivity contribution is 6.03. The maximum atomic E-state index is 12.9. The fourth-order valence-corrected chi connectivity index (χ4v) is 2.50. The summed E-state index contributed by atoms with van der Waals surface area (Å²) in [6.07, 6.45) is 1.61. The fourth-order valence-electron chi connectivity index (χ4n) is 2.50. The van der Waals surface area contributed by atoms with Gasteiger partial charge in [-0.3, -0.25) is 4.79 Å². The van der Waals surface area contributed by atoms with Gasteiger partial charge in [-0.05, 0) is 60.9 Å². The van der Waals surface area contributed by atoms with Crippen molar-refractivity contribution in [2.24, 2.45) is 0 Å². The second-order valence-electron chi connectivity index (χ2n) is 6.18. The monoisotopic (exact) mass is 349 g/mol. The van der Waals surface area contributed by atoms with Crippen LogP contribution in [0.1, 0.15) is 27.2 Å². The molecule has 4 nitrogen and oxygen atoms in total. The molecule has 2 N–H and O–H groups in total. The summed E-state index contributed by atoms with van der Waals surface area (Å²) in [5.74, 6) is -0.501. The Hall–Kier alpha value is -3.21. The third-order valence-electron chi connectivity index (χ3n) is 4.05. The maximum Gasteiger partial charge on any atom is 0.274 e. The van der Waals surface area contributed by atoms with Gasteiger partial charge in [-0.25, -0.2) is 9.37 Å². The summed E-state index contributed by atoms with van der Waals surface area (Å²) in [4.78, 5) is 16.6. The second kappa shape index (κ2) is 7.78. The van der Waals surface area contributed by atoms with Gasteiger partial charge in [-0.2, -0.15) is 0 Å². The van der Waals surface area contributed by atoms with E-state index in [1.165, 1.54) is 12.1 Å². The number of hydrogen-bond acceptors (Lipinski definition) is 3. The van der Waals surface area contributed by atoms with Crippen LogP contribution >= 0.6 is 0 Å². The molecule has 0 aliphatic heterocycles. The van der Waals surface area contributed by atoms with Gasteiger partial charge in [0.25, 0.3) is 5.91 Å². The number of pyridine rings is 1. The second-order valence-corrected chi connectivity index (χ2v) is 6.18. The van der Waals surface area contributed by atoms with Crippen molar-refractivity contribution < 1.29 is 9.18 Å². The Morgan fingerprint density at radius 1 is 1.04 bits per heavy atom. The van der Waals surface area contributed by atoms with Crippen LogP contribution in [0.25, 0.3) is 0 Å². The Morgan fingerprint density at radius 3 is 2.50 bits per heavy atom. The van der Waals surface area contributed by atoms with Crippen molar-refractivity contribution in [3.8, 4) is 0 Å². The van der Waals surface area contributed by atoms with Crippen LogP contribution in [0.3, 0.4) is 0 Å². The molecule has 0 saturated carbocycles. The number of aromatic nitrogens is 1. The summed E-state index contributed by atoms with van der Waals surface area (Å²) < 4.78 is 12.9. The Kier molecular flexibility index (Phi) is 5.27. The average molecular weight is 349 g/mol. The van der Waals surface area contributed by atoms with E-state index in [4.69, 9.17) is 0 Å². The molecule has 0 fully saturated rings. The summed E-state index contributed by atoms with van der Waals surface area (Å²) in [7, 11) is 0. The van der Waals surface area contributed by atoms with Gasteiger partial charge < -0.3 is 10.6 Å². The minimum atomic E-state index is -0.255. The fraction of sp³-hybridized carbons (Fsp3) is 0.143. The van der Waals surface area contributed by atoms with Crippen molar-refractivity contribution in [1.29, 1.82) is 0 Å². The highest BCUT2D eigenvalue weighted by Crippen LogP contribution is 2.17. The molecule has 0 spiro atoms. The standard InChI is InChI=1S/C21H20FN3O/c1-14-3-4-15(2)20(11-14)25-21(26)19-10-9-18(13-24-19)23-12-16-5-7-17(22)8-6-16/h3-11,13,23H,12H2,1-2H3,(H,25,26). The Bertz CT molecular complexity index is 906. The molecule has 0 aliphatic rings. The molecule has 1 amide bonds. The van der Waals surface area contributed by atoms with Crippen LogP contribution in [0.2, 0.25) is 0 Å². The zero-order valence-corrected chi connectivity index (χ0v) is 14.7. The van der Waals surface area contributed by atoms with Crippen molar-refractivity contribution in [2.75, 3.05) is 10.6 Å². The van der Waals surface area contributed by atoms with E-state index in [2.05, 4.69) is 15.6 Å². The summed E-state index contributed by atoms with van der Waals surface area (Å²) in [6.45, 7) is 4.48. The predicted octanol–water partition coefficient (Wildman–Crippen LogP) is 4.70. The number of amides is 1. The van der Waals surface area contributed by atoms with Crippen molar-refractivity contribution in [3.05, 3.63) is 89.0 Å². The molecule has 0 atom stereocenters. The lowest BCUT2D eigenvalue weighted by Crippen LogP contribution is -2.14. The number of nitrogens with one attached hydrogen (secondary N) is 2. The SMILES string of the molecule is Cc1ccc(C)c(NC(=O)c2ccc(NCc3ccc(F)cc3)cn2)c1. The molecule has 0 bridgehead atoms. The van der Waals surface area contributed by atoms with E-state index in [1.807, 2.05) is 32.0 Å². The maximum absolute atomic E-state index is 12.9. The zero-order valence-electron chi connectivity index (χ0n) is 14.7. The summed E-state index contributed by atoms with van der Waals surface area (Å²) >= 11 is 0. The molecule has 26 heavy (non-hydrogen) atoms. The third-order valence-corrected chi connectivity index (χ3v) is 4.05. The first-order valence-electron chi connectivity index (χ1n) is 8.34. The van der Waals surface area contributed by atoms with Crippen LogP contribution in [-0.2, 0) is 6.54 Å². The van der Waals surface area contributed by atoms with E-state index in [0.717, 1.165) is 28.1 Å². The van der Waals surface area contributed by atoms with E-state index in [9.17, 15) is 9.18 Å². The summed E-state index contributed by atoms with van der Waals surface area (Å²) in [6, 6.07) is 15.7. The highest BCUT2D eigenvalue weighted by Gasteiger charge is 2.09. The number of nitrogens with zero attached hydrogens (tertiary/aromatic N) is 1. The van der Waals surface area contributed by atoms with Crippen LogP contribution in [0.15, 0.2) is 60.8 Å². The molecule has 0 aliphatic carbocycles. The van der Waals surface area contributed by atoms with Crippen LogP contribution in [0, 0.1) is 19.7 Å². The first kappa shape index (κ1) is 17.6. The topological polar surface area (TPSA) is 54.0 Å². The van der Waals surface area contributed by atoms with Gasteiger partial charge in [0.15, 0.2) is 0 Å². The van der Waals surface area contributed by atoms with Gasteiger partial charge >= 0.3 is 0 Å². The molecular weight excluding hydrogens is 329 g/mol. The van der Waals surface area contributed by atoms with Crippen molar-refractivity contribution in [1.82, 2.24) is 4.98 Å². The number of anilines is 2. The number of carbonyl (C=O) groups excluding carboxylic acids is 1. The molecule has 2 aromatic carbocycles. The Balaban J connectivity index is 1.62. The van der Waals surface area contributed by atoms with E-state index in [1.54, 1.807) is 30.5 Å². The number of halogens is 1. The van der Waals surface area contributed by atoms with Gasteiger partial charge in [-0.1, -0.05) is 24.3 Å². The molecular formula is C21H20FN3O. The number of carbonyl (C=O) groups is 1. The Labute approximate surface area is 152 Å². The van der Waals surface area contributed by atoms with E-state index in [-0.39, 0.29) is 11.7 Å². The van der Waals surface area contributed by atoms with Crippen molar-refractivity contribution >= 4 is 17.3 Å². The van der Waals surface area contributed by atoms with Crippen LogP contribution in [-0.4, -0.2) is 10.9 Å². The van der Waals surface area contributed by atoms with Crippen LogP contribution < -0.4 is 10.6 Å². The molecule has 5 heteroatoms. The minimum absolute atomic E-state index is 0.246.